The molecule has 0 radical (unpaired) electrons. The fourth-order valence-electron chi connectivity index (χ4n) is 1.09. The van der Waals surface area contributed by atoms with Crippen LogP contribution in [0.3, 0.4) is 0 Å². The van der Waals surface area contributed by atoms with Crippen LogP contribution in [0, 0.1) is 19.8 Å². The summed E-state index contributed by atoms with van der Waals surface area (Å²) in [7, 11) is 0. The fraction of sp³-hybridized carbons (Fsp3) is 0.667. The molecule has 0 bridgehead atoms. The van der Waals surface area contributed by atoms with Crippen LogP contribution >= 0.6 is 11.8 Å². The van der Waals surface area contributed by atoms with Crippen molar-refractivity contribution in [2.75, 3.05) is 5.75 Å². The van der Waals surface area contributed by atoms with Crippen LogP contribution in [0.1, 0.15) is 32.2 Å². The Balaban J connectivity index is 2.38. The van der Waals surface area contributed by atoms with Crippen LogP contribution in [0.4, 0.5) is 0 Å². The van der Waals surface area contributed by atoms with Crippen LogP contribution in [0.2, 0.25) is 0 Å². The molecule has 1 rings (SSSR count). The molecule has 0 aliphatic carbocycles. The maximum Gasteiger partial charge on any atom is 0.256 e. The zero-order chi connectivity index (χ0) is 13.0. The first-order chi connectivity index (χ1) is 7.90. The molecule has 5 heteroatoms. The standard InChI is InChI=1S/C12H20N2O2S/c1-7(2)8(3)13-11(15)6-17-12-14-9(4)10(5)16-12/h7-8H,6H2,1-5H3,(H,13,15)/t8-/m1/s1. The summed E-state index contributed by atoms with van der Waals surface area (Å²) in [4.78, 5) is 15.8. The van der Waals surface area contributed by atoms with Gasteiger partial charge in [-0.15, -0.1) is 0 Å². The van der Waals surface area contributed by atoms with Gasteiger partial charge in [0.25, 0.3) is 5.22 Å². The zero-order valence-corrected chi connectivity index (χ0v) is 11.9. The van der Waals surface area contributed by atoms with Crippen molar-refractivity contribution >= 4 is 17.7 Å². The third kappa shape index (κ3) is 4.42. The molecule has 0 fully saturated rings. The molecule has 4 nitrogen and oxygen atoms in total. The van der Waals surface area contributed by atoms with Crippen molar-refractivity contribution in [1.29, 1.82) is 0 Å². The van der Waals surface area contributed by atoms with Gasteiger partial charge in [0.1, 0.15) is 5.76 Å². The van der Waals surface area contributed by atoms with E-state index in [1.54, 1.807) is 0 Å². The number of thioether (sulfide) groups is 1. The lowest BCUT2D eigenvalue weighted by molar-refractivity contribution is -0.119. The summed E-state index contributed by atoms with van der Waals surface area (Å²) in [6, 6.07) is 0.191. The average molecular weight is 256 g/mol. The van der Waals surface area contributed by atoms with Gasteiger partial charge in [0.05, 0.1) is 11.4 Å². The van der Waals surface area contributed by atoms with E-state index in [0.29, 0.717) is 16.9 Å². The van der Waals surface area contributed by atoms with Gasteiger partial charge in [-0.2, -0.15) is 0 Å². The number of oxazole rings is 1. The summed E-state index contributed by atoms with van der Waals surface area (Å²) in [5, 5.41) is 3.50. The Morgan fingerprint density at radius 2 is 2.06 bits per heavy atom. The van der Waals surface area contributed by atoms with Crippen LogP contribution in [0.5, 0.6) is 0 Å². The van der Waals surface area contributed by atoms with Crippen LogP contribution in [-0.2, 0) is 4.79 Å². The second kappa shape index (κ2) is 6.10. The van der Waals surface area contributed by atoms with Gasteiger partial charge in [0.15, 0.2) is 0 Å². The quantitative estimate of drug-likeness (QED) is 0.823. The molecule has 0 spiro atoms. The number of hydrogen-bond donors (Lipinski definition) is 1. The van der Waals surface area contributed by atoms with Crippen molar-refractivity contribution in [1.82, 2.24) is 10.3 Å². The van der Waals surface area contributed by atoms with E-state index < -0.39 is 0 Å². The Bertz CT molecular complexity index is 368. The number of rotatable bonds is 5. The van der Waals surface area contributed by atoms with Crippen molar-refractivity contribution in [2.45, 2.75) is 45.9 Å². The number of nitrogens with zero attached hydrogens (tertiary/aromatic N) is 1. The molecule has 0 aliphatic rings. The zero-order valence-electron chi connectivity index (χ0n) is 11.0. The number of amides is 1. The SMILES string of the molecule is Cc1nc(SCC(=O)N[C@H](C)C(C)C)oc1C. The van der Waals surface area contributed by atoms with E-state index in [9.17, 15) is 4.79 Å². The van der Waals surface area contributed by atoms with Gasteiger partial charge in [-0.1, -0.05) is 25.6 Å². The number of hydrogen-bond acceptors (Lipinski definition) is 4. The van der Waals surface area contributed by atoms with Gasteiger partial charge in [0.2, 0.25) is 5.91 Å². The van der Waals surface area contributed by atoms with Crippen molar-refractivity contribution in [2.24, 2.45) is 5.92 Å². The number of carbonyl (C=O) groups is 1. The summed E-state index contributed by atoms with van der Waals surface area (Å²) >= 11 is 1.33. The predicted molar refractivity (Wildman–Crippen MR) is 69.1 cm³/mol. The maximum absolute atomic E-state index is 11.6. The summed E-state index contributed by atoms with van der Waals surface area (Å²) < 4.78 is 5.39. The van der Waals surface area contributed by atoms with Gasteiger partial charge >= 0.3 is 0 Å². The highest BCUT2D eigenvalue weighted by Gasteiger charge is 2.13. The van der Waals surface area contributed by atoms with Gasteiger partial charge in [-0.3, -0.25) is 4.79 Å². The summed E-state index contributed by atoms with van der Waals surface area (Å²) in [5.74, 6) is 1.61. The topological polar surface area (TPSA) is 55.1 Å². The summed E-state index contributed by atoms with van der Waals surface area (Å²) in [6.45, 7) is 9.93. The predicted octanol–water partition coefficient (Wildman–Crippen LogP) is 2.54. The number of carbonyl (C=O) groups excluding carboxylic acids is 1. The Labute approximate surface area is 107 Å². The molecule has 0 unspecified atom stereocenters. The van der Waals surface area contributed by atoms with E-state index in [1.807, 2.05) is 20.8 Å². The minimum atomic E-state index is 0.0182. The molecule has 1 amide bonds. The largest absolute Gasteiger partial charge is 0.437 e. The molecule has 1 N–H and O–H groups in total. The molecule has 1 aromatic rings. The van der Waals surface area contributed by atoms with Gasteiger partial charge in [-0.25, -0.2) is 4.98 Å². The lowest BCUT2D eigenvalue weighted by Gasteiger charge is -2.16. The van der Waals surface area contributed by atoms with E-state index in [-0.39, 0.29) is 11.9 Å². The fourth-order valence-corrected chi connectivity index (χ4v) is 1.82. The molecular weight excluding hydrogens is 236 g/mol. The molecule has 1 atom stereocenters. The molecule has 1 aromatic heterocycles. The highest BCUT2D eigenvalue weighted by atomic mass is 32.2. The molecule has 96 valence electrons. The normalized spacial score (nSPS) is 12.8. The first-order valence-electron chi connectivity index (χ1n) is 5.76. The van der Waals surface area contributed by atoms with Gasteiger partial charge in [0, 0.05) is 6.04 Å². The minimum Gasteiger partial charge on any atom is -0.437 e. The Hall–Kier alpha value is -0.970. The molecular formula is C12H20N2O2S. The van der Waals surface area contributed by atoms with Crippen LogP contribution in [0.15, 0.2) is 9.64 Å². The molecule has 0 saturated carbocycles. The van der Waals surface area contributed by atoms with Crippen molar-refractivity contribution in [3.8, 4) is 0 Å². The molecule has 0 aromatic carbocycles. The highest BCUT2D eigenvalue weighted by molar-refractivity contribution is 7.99. The summed E-state index contributed by atoms with van der Waals surface area (Å²) in [5.41, 5.74) is 0.878. The van der Waals surface area contributed by atoms with E-state index in [2.05, 4.69) is 24.1 Å². The van der Waals surface area contributed by atoms with E-state index >= 15 is 0 Å². The van der Waals surface area contributed by atoms with Crippen LogP contribution < -0.4 is 5.32 Å². The van der Waals surface area contributed by atoms with Crippen LogP contribution in [0.25, 0.3) is 0 Å². The first-order valence-corrected chi connectivity index (χ1v) is 6.75. The second-order valence-corrected chi connectivity index (χ2v) is 5.44. The minimum absolute atomic E-state index is 0.0182. The van der Waals surface area contributed by atoms with Gasteiger partial charge < -0.3 is 9.73 Å². The molecule has 17 heavy (non-hydrogen) atoms. The molecule has 0 aliphatic heterocycles. The first kappa shape index (κ1) is 14.1. The van der Waals surface area contributed by atoms with E-state index in [4.69, 9.17) is 4.42 Å². The molecule has 0 saturated heterocycles. The third-order valence-electron chi connectivity index (χ3n) is 2.72. The Morgan fingerprint density at radius 1 is 1.41 bits per heavy atom. The van der Waals surface area contributed by atoms with Crippen molar-refractivity contribution in [3.05, 3.63) is 11.5 Å². The second-order valence-electron chi connectivity index (χ2n) is 4.51. The average Bonchev–Trinajstić information content (AvgIpc) is 2.55. The lowest BCUT2D eigenvalue weighted by atomic mass is 10.1. The maximum atomic E-state index is 11.6. The summed E-state index contributed by atoms with van der Waals surface area (Å²) in [6.07, 6.45) is 0. The van der Waals surface area contributed by atoms with Crippen LogP contribution in [-0.4, -0.2) is 22.7 Å². The van der Waals surface area contributed by atoms with E-state index in [1.165, 1.54) is 11.8 Å². The van der Waals surface area contributed by atoms with Gasteiger partial charge in [-0.05, 0) is 26.7 Å². The number of nitrogens with one attached hydrogen (secondary N) is 1. The van der Waals surface area contributed by atoms with Crippen molar-refractivity contribution < 1.29 is 9.21 Å². The molecule has 1 heterocycles. The third-order valence-corrected chi connectivity index (χ3v) is 3.55. The van der Waals surface area contributed by atoms with E-state index in [0.717, 1.165) is 11.5 Å². The lowest BCUT2D eigenvalue weighted by Crippen LogP contribution is -2.37. The Morgan fingerprint density at radius 3 is 2.53 bits per heavy atom. The highest BCUT2D eigenvalue weighted by Crippen LogP contribution is 2.19. The number of aryl methyl sites for hydroxylation is 2. The number of aromatic nitrogens is 1. The van der Waals surface area contributed by atoms with Crippen molar-refractivity contribution in [3.63, 3.8) is 0 Å². The monoisotopic (exact) mass is 256 g/mol. The Kier molecular flexibility index (Phi) is 5.05. The smallest absolute Gasteiger partial charge is 0.256 e.